The third kappa shape index (κ3) is 3.09. The Balaban J connectivity index is 1.79. The third-order valence-corrected chi connectivity index (χ3v) is 2.64. The zero-order chi connectivity index (χ0) is 10.5. The monoisotopic (exact) mass is 207 g/mol. The van der Waals surface area contributed by atoms with Gasteiger partial charge in [-0.05, 0) is 30.9 Å². The molecule has 82 valence electrons. The summed E-state index contributed by atoms with van der Waals surface area (Å²) in [5.74, 6) is 1.18. The molecule has 0 saturated carbocycles. The van der Waals surface area contributed by atoms with E-state index in [9.17, 15) is 0 Å². The van der Waals surface area contributed by atoms with Gasteiger partial charge in [0.2, 0.25) is 0 Å². The zero-order valence-corrected chi connectivity index (χ0v) is 8.78. The number of anilines is 2. The summed E-state index contributed by atoms with van der Waals surface area (Å²) in [6.07, 6.45) is 4.18. The maximum atomic E-state index is 5.51. The first-order chi connectivity index (χ1) is 7.34. The van der Waals surface area contributed by atoms with E-state index < -0.39 is 0 Å². The molecule has 0 spiro atoms. The topological polar surface area (TPSA) is 60.2 Å². The van der Waals surface area contributed by atoms with Crippen LogP contribution >= 0.6 is 0 Å². The molecular weight excluding hydrogens is 190 g/mol. The van der Waals surface area contributed by atoms with Gasteiger partial charge in [0.1, 0.15) is 5.82 Å². The molecule has 0 amide bonds. The summed E-state index contributed by atoms with van der Waals surface area (Å²) in [5.41, 5.74) is 6.53. The van der Waals surface area contributed by atoms with Gasteiger partial charge >= 0.3 is 0 Å². The SMILES string of the molecule is Nc1ccc(NCC2CCCOC2)cn1. The minimum Gasteiger partial charge on any atom is -0.384 e. The Kier molecular flexibility index (Phi) is 3.40. The van der Waals surface area contributed by atoms with Crippen LogP contribution in [0, 0.1) is 5.92 Å². The fourth-order valence-electron chi connectivity index (χ4n) is 1.74. The van der Waals surface area contributed by atoms with Crippen LogP contribution in [-0.4, -0.2) is 24.7 Å². The van der Waals surface area contributed by atoms with Crippen molar-refractivity contribution < 1.29 is 4.74 Å². The Labute approximate surface area is 89.8 Å². The smallest absolute Gasteiger partial charge is 0.123 e. The van der Waals surface area contributed by atoms with Crippen molar-refractivity contribution in [3.05, 3.63) is 18.3 Å². The van der Waals surface area contributed by atoms with Crippen molar-refractivity contribution in [3.8, 4) is 0 Å². The second-order valence-electron chi connectivity index (χ2n) is 3.94. The fourth-order valence-corrected chi connectivity index (χ4v) is 1.74. The normalized spacial score (nSPS) is 21.2. The van der Waals surface area contributed by atoms with E-state index in [4.69, 9.17) is 10.5 Å². The molecule has 1 fully saturated rings. The Morgan fingerprint density at radius 2 is 2.47 bits per heavy atom. The van der Waals surface area contributed by atoms with Crippen molar-refractivity contribution >= 4 is 11.5 Å². The van der Waals surface area contributed by atoms with Gasteiger partial charge in [-0.2, -0.15) is 0 Å². The van der Waals surface area contributed by atoms with E-state index in [1.54, 1.807) is 12.3 Å². The Hall–Kier alpha value is -1.29. The molecule has 0 radical (unpaired) electrons. The van der Waals surface area contributed by atoms with Gasteiger partial charge in [0, 0.05) is 13.2 Å². The van der Waals surface area contributed by atoms with Gasteiger partial charge in [-0.1, -0.05) is 0 Å². The highest BCUT2D eigenvalue weighted by Crippen LogP contribution is 2.15. The van der Waals surface area contributed by atoms with E-state index >= 15 is 0 Å². The number of nitrogens with one attached hydrogen (secondary N) is 1. The van der Waals surface area contributed by atoms with E-state index in [0.29, 0.717) is 11.7 Å². The molecule has 0 aromatic carbocycles. The van der Waals surface area contributed by atoms with E-state index in [1.807, 2.05) is 6.07 Å². The third-order valence-electron chi connectivity index (χ3n) is 2.64. The molecule has 15 heavy (non-hydrogen) atoms. The van der Waals surface area contributed by atoms with E-state index in [2.05, 4.69) is 10.3 Å². The molecule has 2 rings (SSSR count). The standard InChI is InChI=1S/C11H17N3O/c12-11-4-3-10(7-14-11)13-6-9-2-1-5-15-8-9/h3-4,7,9,13H,1-2,5-6,8H2,(H2,12,14). The lowest BCUT2D eigenvalue weighted by Crippen LogP contribution is -2.24. The summed E-state index contributed by atoms with van der Waals surface area (Å²) in [4.78, 5) is 4.03. The van der Waals surface area contributed by atoms with Crippen LogP contribution in [0.15, 0.2) is 18.3 Å². The van der Waals surface area contributed by atoms with Gasteiger partial charge in [-0.15, -0.1) is 0 Å². The van der Waals surface area contributed by atoms with Crippen molar-refractivity contribution in [2.45, 2.75) is 12.8 Å². The maximum Gasteiger partial charge on any atom is 0.123 e. The first-order valence-corrected chi connectivity index (χ1v) is 5.38. The molecule has 1 unspecified atom stereocenters. The first-order valence-electron chi connectivity index (χ1n) is 5.38. The quantitative estimate of drug-likeness (QED) is 0.788. The van der Waals surface area contributed by atoms with Crippen LogP contribution in [0.5, 0.6) is 0 Å². The number of hydrogen-bond acceptors (Lipinski definition) is 4. The summed E-state index contributed by atoms with van der Waals surface area (Å²) in [5, 5.41) is 3.34. The lowest BCUT2D eigenvalue weighted by atomic mass is 10.0. The number of rotatable bonds is 3. The number of nitrogens with zero attached hydrogens (tertiary/aromatic N) is 1. The number of ether oxygens (including phenoxy) is 1. The fraction of sp³-hybridized carbons (Fsp3) is 0.545. The molecule has 0 bridgehead atoms. The van der Waals surface area contributed by atoms with Crippen LogP contribution in [0.4, 0.5) is 11.5 Å². The summed E-state index contributed by atoms with van der Waals surface area (Å²) in [7, 11) is 0. The predicted octanol–water partition coefficient (Wildman–Crippen LogP) is 1.50. The van der Waals surface area contributed by atoms with Crippen molar-refractivity contribution in [1.29, 1.82) is 0 Å². The average molecular weight is 207 g/mol. The van der Waals surface area contributed by atoms with Gasteiger partial charge in [-0.3, -0.25) is 0 Å². The molecule has 4 heteroatoms. The second kappa shape index (κ2) is 4.98. The minimum absolute atomic E-state index is 0.557. The lowest BCUT2D eigenvalue weighted by Gasteiger charge is -2.22. The summed E-state index contributed by atoms with van der Waals surface area (Å²) in [6.45, 7) is 2.74. The Morgan fingerprint density at radius 3 is 3.13 bits per heavy atom. The molecule has 1 aromatic heterocycles. The van der Waals surface area contributed by atoms with Crippen molar-refractivity contribution in [2.75, 3.05) is 30.8 Å². The van der Waals surface area contributed by atoms with Crippen LogP contribution in [-0.2, 0) is 4.74 Å². The molecule has 1 atom stereocenters. The molecule has 1 aliphatic rings. The molecule has 0 aliphatic carbocycles. The van der Waals surface area contributed by atoms with Crippen LogP contribution in [0.2, 0.25) is 0 Å². The molecule has 1 aliphatic heterocycles. The molecular formula is C11H17N3O. The number of nitrogens with two attached hydrogens (primary N) is 1. The van der Waals surface area contributed by atoms with Crippen molar-refractivity contribution in [3.63, 3.8) is 0 Å². The Morgan fingerprint density at radius 1 is 1.53 bits per heavy atom. The highest BCUT2D eigenvalue weighted by Gasteiger charge is 2.13. The molecule has 3 N–H and O–H groups in total. The molecule has 2 heterocycles. The van der Waals surface area contributed by atoms with E-state index in [1.165, 1.54) is 12.8 Å². The number of pyridine rings is 1. The average Bonchev–Trinajstić information content (AvgIpc) is 2.30. The highest BCUT2D eigenvalue weighted by atomic mass is 16.5. The number of hydrogen-bond donors (Lipinski definition) is 2. The lowest BCUT2D eigenvalue weighted by molar-refractivity contribution is 0.0595. The zero-order valence-electron chi connectivity index (χ0n) is 8.78. The summed E-state index contributed by atoms with van der Waals surface area (Å²) < 4.78 is 5.41. The summed E-state index contributed by atoms with van der Waals surface area (Å²) >= 11 is 0. The minimum atomic E-state index is 0.557. The van der Waals surface area contributed by atoms with Crippen molar-refractivity contribution in [1.82, 2.24) is 4.98 Å². The van der Waals surface area contributed by atoms with Gasteiger partial charge < -0.3 is 15.8 Å². The number of aromatic nitrogens is 1. The van der Waals surface area contributed by atoms with Gasteiger partial charge in [0.25, 0.3) is 0 Å². The summed E-state index contributed by atoms with van der Waals surface area (Å²) in [6, 6.07) is 3.76. The molecule has 1 aromatic rings. The highest BCUT2D eigenvalue weighted by molar-refractivity contribution is 5.45. The van der Waals surface area contributed by atoms with Crippen LogP contribution in [0.1, 0.15) is 12.8 Å². The largest absolute Gasteiger partial charge is 0.384 e. The number of nitrogen functional groups attached to an aromatic ring is 1. The van der Waals surface area contributed by atoms with Gasteiger partial charge in [0.15, 0.2) is 0 Å². The van der Waals surface area contributed by atoms with Crippen LogP contribution < -0.4 is 11.1 Å². The van der Waals surface area contributed by atoms with Crippen molar-refractivity contribution in [2.24, 2.45) is 5.92 Å². The second-order valence-corrected chi connectivity index (χ2v) is 3.94. The molecule has 1 saturated heterocycles. The maximum absolute atomic E-state index is 5.51. The molecule has 4 nitrogen and oxygen atoms in total. The van der Waals surface area contributed by atoms with Gasteiger partial charge in [-0.25, -0.2) is 4.98 Å². The first kappa shape index (κ1) is 10.2. The van der Waals surface area contributed by atoms with E-state index in [-0.39, 0.29) is 0 Å². The van der Waals surface area contributed by atoms with Crippen LogP contribution in [0.3, 0.4) is 0 Å². The van der Waals surface area contributed by atoms with E-state index in [0.717, 1.165) is 25.4 Å². The predicted molar refractivity (Wildman–Crippen MR) is 60.7 cm³/mol. The van der Waals surface area contributed by atoms with Crippen LogP contribution in [0.25, 0.3) is 0 Å². The Bertz CT molecular complexity index is 293. The van der Waals surface area contributed by atoms with Gasteiger partial charge in [0.05, 0.1) is 18.5 Å².